The van der Waals surface area contributed by atoms with E-state index in [-0.39, 0.29) is 24.0 Å². The van der Waals surface area contributed by atoms with Crippen LogP contribution in [0, 0.1) is 10.1 Å². The molecule has 13 nitrogen and oxygen atoms in total. The van der Waals surface area contributed by atoms with Crippen LogP contribution in [0.15, 0.2) is 17.2 Å². The number of hydrogen-bond donors (Lipinski definition) is 1. The summed E-state index contributed by atoms with van der Waals surface area (Å²) >= 11 is 0. The fourth-order valence-electron chi connectivity index (χ4n) is 3.74. The molecule has 32 heavy (non-hydrogen) atoms. The summed E-state index contributed by atoms with van der Waals surface area (Å²) in [6.45, 7) is 4.40. The smallest absolute Gasteiger partial charge is 0.282 e. The Hall–Kier alpha value is -3.74. The molecule has 168 valence electrons. The zero-order chi connectivity index (χ0) is 21.9. The molecule has 1 aromatic heterocycles. The number of fused-ring (bicyclic) bond motifs is 1. The molecule has 3 aliphatic rings. The third kappa shape index (κ3) is 4.19. The van der Waals surface area contributed by atoms with Gasteiger partial charge in [0.05, 0.1) is 36.0 Å². The van der Waals surface area contributed by atoms with Crippen LogP contribution in [0.4, 0.5) is 23.5 Å². The minimum absolute atomic E-state index is 0.0276. The topological polar surface area (TPSA) is 140 Å². The molecule has 0 unspecified atom stereocenters. The van der Waals surface area contributed by atoms with Gasteiger partial charge in [-0.2, -0.15) is 20.1 Å². The van der Waals surface area contributed by atoms with Crippen molar-refractivity contribution in [2.24, 2.45) is 5.10 Å². The van der Waals surface area contributed by atoms with E-state index in [4.69, 9.17) is 14.2 Å². The third-order valence-electron chi connectivity index (χ3n) is 5.38. The SMILES string of the molecule is O=[N+]([O-])c1cc2c(cc1C=NNc1nc(N3CCCC3)nc(N3CCOCC3)n1)OCO2. The standard InChI is InChI=1S/C19H22N8O5/c28-27(29)14-10-16-15(31-12-32-16)9-13(14)11-20-24-17-21-18(25-3-1-2-4-25)23-19(22-17)26-5-7-30-8-6-26/h9-11H,1-8,12H2,(H,21,22,23,24). The number of nitrogens with one attached hydrogen (secondary N) is 1. The highest BCUT2D eigenvalue weighted by atomic mass is 16.7. The van der Waals surface area contributed by atoms with Crippen LogP contribution >= 0.6 is 0 Å². The van der Waals surface area contributed by atoms with Crippen LogP contribution in [0.25, 0.3) is 0 Å². The molecule has 0 radical (unpaired) electrons. The van der Waals surface area contributed by atoms with Gasteiger partial charge in [0.2, 0.25) is 24.6 Å². The van der Waals surface area contributed by atoms with Crippen molar-refractivity contribution in [1.29, 1.82) is 0 Å². The van der Waals surface area contributed by atoms with E-state index < -0.39 is 4.92 Å². The molecule has 2 saturated heterocycles. The highest BCUT2D eigenvalue weighted by Gasteiger charge is 2.23. The van der Waals surface area contributed by atoms with Crippen LogP contribution in [-0.4, -0.2) is 72.3 Å². The first kappa shape index (κ1) is 20.2. The lowest BCUT2D eigenvalue weighted by Crippen LogP contribution is -2.38. The Kier molecular flexibility index (Phi) is 5.54. The van der Waals surface area contributed by atoms with Crippen LogP contribution in [0.3, 0.4) is 0 Å². The van der Waals surface area contributed by atoms with Crippen LogP contribution in [-0.2, 0) is 4.74 Å². The average molecular weight is 442 g/mol. The van der Waals surface area contributed by atoms with Crippen molar-refractivity contribution in [2.75, 3.05) is 61.4 Å². The molecule has 1 N–H and O–H groups in total. The van der Waals surface area contributed by atoms with Crippen LogP contribution in [0.5, 0.6) is 11.5 Å². The van der Waals surface area contributed by atoms with E-state index in [2.05, 4.69) is 30.4 Å². The number of ether oxygens (including phenoxy) is 3. The van der Waals surface area contributed by atoms with Crippen molar-refractivity contribution in [3.05, 3.63) is 27.8 Å². The summed E-state index contributed by atoms with van der Waals surface area (Å²) in [6, 6.07) is 2.85. The number of benzene rings is 1. The third-order valence-corrected chi connectivity index (χ3v) is 5.38. The van der Waals surface area contributed by atoms with Gasteiger partial charge in [-0.05, 0) is 18.9 Å². The maximum Gasteiger partial charge on any atom is 0.282 e. The number of anilines is 3. The molecule has 4 heterocycles. The van der Waals surface area contributed by atoms with E-state index in [0.29, 0.717) is 49.7 Å². The highest BCUT2D eigenvalue weighted by Crippen LogP contribution is 2.37. The monoisotopic (exact) mass is 442 g/mol. The predicted octanol–water partition coefficient (Wildman–Crippen LogP) is 1.39. The minimum atomic E-state index is -0.492. The number of rotatable bonds is 6. The summed E-state index contributed by atoms with van der Waals surface area (Å²) < 4.78 is 16.0. The lowest BCUT2D eigenvalue weighted by molar-refractivity contribution is -0.385. The quantitative estimate of drug-likeness (QED) is 0.394. The molecule has 0 aliphatic carbocycles. The Labute approximate surface area is 183 Å². The van der Waals surface area contributed by atoms with Crippen molar-refractivity contribution >= 4 is 29.7 Å². The van der Waals surface area contributed by atoms with Crippen molar-refractivity contribution in [3.8, 4) is 11.5 Å². The number of hydrazone groups is 1. The average Bonchev–Trinajstić information content (AvgIpc) is 3.51. The van der Waals surface area contributed by atoms with Crippen molar-refractivity contribution in [1.82, 2.24) is 15.0 Å². The molecule has 0 saturated carbocycles. The van der Waals surface area contributed by atoms with Gasteiger partial charge in [-0.25, -0.2) is 5.43 Å². The summed E-state index contributed by atoms with van der Waals surface area (Å²) in [5, 5.41) is 15.6. The molecule has 5 rings (SSSR count). The summed E-state index contributed by atoms with van der Waals surface area (Å²) in [6.07, 6.45) is 3.52. The normalized spacial score (nSPS) is 17.9. The molecule has 2 fully saturated rings. The Bertz CT molecular complexity index is 1040. The molecule has 13 heteroatoms. The number of aromatic nitrogens is 3. The van der Waals surface area contributed by atoms with Gasteiger partial charge in [-0.3, -0.25) is 10.1 Å². The van der Waals surface area contributed by atoms with E-state index in [1.807, 2.05) is 4.90 Å². The van der Waals surface area contributed by atoms with Gasteiger partial charge in [0.25, 0.3) is 5.69 Å². The lowest BCUT2D eigenvalue weighted by atomic mass is 10.1. The van der Waals surface area contributed by atoms with Crippen LogP contribution < -0.4 is 24.7 Å². The van der Waals surface area contributed by atoms with E-state index >= 15 is 0 Å². The molecular weight excluding hydrogens is 420 g/mol. The zero-order valence-corrected chi connectivity index (χ0v) is 17.3. The second kappa shape index (κ2) is 8.78. The Balaban J connectivity index is 1.40. The number of nitrogens with zero attached hydrogens (tertiary/aromatic N) is 7. The highest BCUT2D eigenvalue weighted by molar-refractivity contribution is 5.87. The zero-order valence-electron chi connectivity index (χ0n) is 17.3. The minimum Gasteiger partial charge on any atom is -0.454 e. The molecule has 3 aliphatic heterocycles. The van der Waals surface area contributed by atoms with Crippen molar-refractivity contribution in [2.45, 2.75) is 12.8 Å². The largest absolute Gasteiger partial charge is 0.454 e. The fourth-order valence-corrected chi connectivity index (χ4v) is 3.74. The summed E-state index contributed by atoms with van der Waals surface area (Å²) in [4.78, 5) is 28.7. The Morgan fingerprint density at radius 1 is 1.00 bits per heavy atom. The van der Waals surface area contributed by atoms with Crippen molar-refractivity contribution < 1.29 is 19.1 Å². The van der Waals surface area contributed by atoms with Gasteiger partial charge in [0, 0.05) is 26.2 Å². The summed E-state index contributed by atoms with van der Waals surface area (Å²) in [5.41, 5.74) is 2.93. The summed E-state index contributed by atoms with van der Waals surface area (Å²) in [7, 11) is 0. The van der Waals surface area contributed by atoms with Gasteiger partial charge in [0.1, 0.15) is 0 Å². The lowest BCUT2D eigenvalue weighted by Gasteiger charge is -2.27. The molecular formula is C19H22N8O5. The van der Waals surface area contributed by atoms with Crippen LogP contribution in [0.2, 0.25) is 0 Å². The van der Waals surface area contributed by atoms with E-state index in [1.54, 1.807) is 0 Å². The summed E-state index contributed by atoms with van der Waals surface area (Å²) in [5.74, 6) is 2.18. The first-order chi connectivity index (χ1) is 15.7. The van der Waals surface area contributed by atoms with Gasteiger partial charge in [0.15, 0.2) is 11.5 Å². The molecule has 2 aromatic rings. The number of morpholine rings is 1. The van der Waals surface area contributed by atoms with Gasteiger partial charge in [-0.1, -0.05) is 0 Å². The maximum absolute atomic E-state index is 11.4. The first-order valence-corrected chi connectivity index (χ1v) is 10.4. The second-order valence-corrected chi connectivity index (χ2v) is 7.44. The first-order valence-electron chi connectivity index (χ1n) is 10.4. The molecule has 0 atom stereocenters. The predicted molar refractivity (Wildman–Crippen MR) is 115 cm³/mol. The van der Waals surface area contributed by atoms with E-state index in [9.17, 15) is 10.1 Å². The number of hydrogen-bond acceptors (Lipinski definition) is 12. The van der Waals surface area contributed by atoms with Gasteiger partial charge in [-0.15, -0.1) is 0 Å². The Morgan fingerprint density at radius 3 is 2.34 bits per heavy atom. The van der Waals surface area contributed by atoms with Gasteiger partial charge >= 0.3 is 0 Å². The second-order valence-electron chi connectivity index (χ2n) is 7.44. The number of nitro groups is 1. The Morgan fingerprint density at radius 2 is 1.66 bits per heavy atom. The van der Waals surface area contributed by atoms with Gasteiger partial charge < -0.3 is 24.0 Å². The van der Waals surface area contributed by atoms with E-state index in [1.165, 1.54) is 18.3 Å². The maximum atomic E-state index is 11.4. The van der Waals surface area contributed by atoms with E-state index in [0.717, 1.165) is 25.9 Å². The number of nitro benzene ring substituents is 1. The fraction of sp³-hybridized carbons (Fsp3) is 0.474. The molecule has 0 spiro atoms. The molecule has 0 bridgehead atoms. The molecule has 1 aromatic carbocycles. The molecule has 0 amide bonds. The van der Waals surface area contributed by atoms with Crippen LogP contribution in [0.1, 0.15) is 18.4 Å². The van der Waals surface area contributed by atoms with Crippen molar-refractivity contribution in [3.63, 3.8) is 0 Å².